The average Bonchev–Trinajstić information content (AvgIpc) is 2.38. The molecule has 0 spiro atoms. The molecule has 18 heavy (non-hydrogen) atoms. The summed E-state index contributed by atoms with van der Waals surface area (Å²) in [6, 6.07) is 8.30. The van der Waals surface area contributed by atoms with Gasteiger partial charge in [0.1, 0.15) is 0 Å². The minimum Gasteiger partial charge on any atom is -0.465 e. The second kappa shape index (κ2) is 8.73. The lowest BCUT2D eigenvalue weighted by molar-refractivity contribution is -0.142. The van der Waals surface area contributed by atoms with E-state index in [-0.39, 0.29) is 5.97 Å². The molecule has 0 unspecified atom stereocenters. The average molecular weight is 248 g/mol. The summed E-state index contributed by atoms with van der Waals surface area (Å²) in [5, 5.41) is 0. The van der Waals surface area contributed by atoms with Gasteiger partial charge in [0.2, 0.25) is 0 Å². The van der Waals surface area contributed by atoms with Crippen molar-refractivity contribution in [3.63, 3.8) is 0 Å². The summed E-state index contributed by atoms with van der Waals surface area (Å²) in [4.78, 5) is 11.5. The van der Waals surface area contributed by atoms with Crippen LogP contribution in [0.25, 0.3) is 0 Å². The zero-order valence-corrected chi connectivity index (χ0v) is 11.6. The van der Waals surface area contributed by atoms with E-state index in [1.165, 1.54) is 18.4 Å². The highest BCUT2D eigenvalue weighted by Crippen LogP contribution is 2.09. The highest BCUT2D eigenvalue weighted by Gasteiger charge is 2.04. The highest BCUT2D eigenvalue weighted by molar-refractivity contribution is 5.72. The second-order valence-corrected chi connectivity index (χ2v) is 4.67. The maximum absolute atomic E-state index is 11.5. The van der Waals surface area contributed by atoms with Crippen molar-refractivity contribution in [1.82, 2.24) is 0 Å². The number of hydrogen-bond acceptors (Lipinski definition) is 2. The Bertz CT molecular complexity index is 341. The van der Waals surface area contributed by atoms with Crippen LogP contribution < -0.4 is 0 Å². The van der Waals surface area contributed by atoms with Crippen LogP contribution in [0.1, 0.15) is 50.7 Å². The van der Waals surface area contributed by atoms with Crippen molar-refractivity contribution in [3.8, 4) is 0 Å². The van der Waals surface area contributed by atoms with E-state index in [2.05, 4.69) is 26.0 Å². The van der Waals surface area contributed by atoms with Crippen LogP contribution >= 0.6 is 0 Å². The van der Waals surface area contributed by atoms with Crippen LogP contribution in [0.4, 0.5) is 0 Å². The molecule has 1 rings (SSSR count). The third-order valence-electron chi connectivity index (χ3n) is 2.95. The van der Waals surface area contributed by atoms with Gasteiger partial charge in [0.15, 0.2) is 0 Å². The molecular formula is C16H24O2. The summed E-state index contributed by atoms with van der Waals surface area (Å²) in [5.41, 5.74) is 2.39. The van der Waals surface area contributed by atoms with Crippen molar-refractivity contribution in [2.45, 2.75) is 52.4 Å². The van der Waals surface area contributed by atoms with Crippen molar-refractivity contribution < 1.29 is 9.53 Å². The third-order valence-corrected chi connectivity index (χ3v) is 2.95. The molecule has 0 atom stereocenters. The van der Waals surface area contributed by atoms with Gasteiger partial charge in [-0.1, -0.05) is 51.0 Å². The molecular weight excluding hydrogens is 224 g/mol. The van der Waals surface area contributed by atoms with Gasteiger partial charge in [-0.25, -0.2) is 0 Å². The zero-order valence-electron chi connectivity index (χ0n) is 11.6. The fraction of sp³-hybridized carbons (Fsp3) is 0.562. The van der Waals surface area contributed by atoms with Crippen molar-refractivity contribution >= 4 is 5.97 Å². The Kier molecular flexibility index (Phi) is 7.16. The van der Waals surface area contributed by atoms with E-state index in [1.807, 2.05) is 12.1 Å². The molecule has 2 heteroatoms. The van der Waals surface area contributed by atoms with Crippen LogP contribution in [0.15, 0.2) is 24.3 Å². The van der Waals surface area contributed by atoms with E-state index in [9.17, 15) is 4.79 Å². The first kappa shape index (κ1) is 14.7. The predicted octanol–water partition coefficient (Wildman–Crippen LogP) is 3.92. The largest absolute Gasteiger partial charge is 0.465 e. The normalized spacial score (nSPS) is 10.3. The highest BCUT2D eigenvalue weighted by atomic mass is 16.5. The Labute approximate surface area is 110 Å². The smallest absolute Gasteiger partial charge is 0.310 e. The standard InChI is InChI=1S/C16H24O2/c1-3-5-7-14-8-10-15(11-9-14)13-16(17)18-12-6-4-2/h8-11H,3-7,12-13H2,1-2H3. The van der Waals surface area contributed by atoms with E-state index < -0.39 is 0 Å². The van der Waals surface area contributed by atoms with Crippen molar-refractivity contribution in [2.75, 3.05) is 6.61 Å². The molecule has 0 amide bonds. The van der Waals surface area contributed by atoms with Crippen molar-refractivity contribution in [3.05, 3.63) is 35.4 Å². The number of ether oxygens (including phenoxy) is 1. The molecule has 0 N–H and O–H groups in total. The van der Waals surface area contributed by atoms with Gasteiger partial charge in [-0.15, -0.1) is 0 Å². The number of carbonyl (C=O) groups is 1. The molecule has 0 saturated carbocycles. The van der Waals surface area contributed by atoms with Crippen LogP contribution in [0.5, 0.6) is 0 Å². The summed E-state index contributed by atoms with van der Waals surface area (Å²) in [6.07, 6.45) is 5.94. The Balaban J connectivity index is 2.35. The first-order valence-electron chi connectivity index (χ1n) is 6.99. The monoisotopic (exact) mass is 248 g/mol. The molecule has 2 nitrogen and oxygen atoms in total. The van der Waals surface area contributed by atoms with Gasteiger partial charge in [-0.3, -0.25) is 4.79 Å². The number of hydrogen-bond donors (Lipinski definition) is 0. The fourth-order valence-corrected chi connectivity index (χ4v) is 1.75. The van der Waals surface area contributed by atoms with E-state index in [4.69, 9.17) is 4.74 Å². The SMILES string of the molecule is CCCCOC(=O)Cc1ccc(CCCC)cc1. The number of benzene rings is 1. The number of aryl methyl sites for hydroxylation is 1. The third kappa shape index (κ3) is 5.85. The van der Waals surface area contributed by atoms with Crippen molar-refractivity contribution in [2.24, 2.45) is 0 Å². The lowest BCUT2D eigenvalue weighted by Crippen LogP contribution is -2.08. The second-order valence-electron chi connectivity index (χ2n) is 4.67. The summed E-state index contributed by atoms with van der Waals surface area (Å²) < 4.78 is 5.14. The van der Waals surface area contributed by atoms with Gasteiger partial charge in [0.25, 0.3) is 0 Å². The van der Waals surface area contributed by atoms with Gasteiger partial charge in [0.05, 0.1) is 13.0 Å². The molecule has 0 aromatic heterocycles. The Hall–Kier alpha value is -1.31. The molecule has 1 aromatic rings. The molecule has 0 bridgehead atoms. The van der Waals surface area contributed by atoms with Gasteiger partial charge < -0.3 is 4.74 Å². The van der Waals surface area contributed by atoms with Gasteiger partial charge in [-0.05, 0) is 30.4 Å². The Morgan fingerprint density at radius 1 is 1.00 bits per heavy atom. The van der Waals surface area contributed by atoms with Crippen LogP contribution in [-0.4, -0.2) is 12.6 Å². The summed E-state index contributed by atoms with van der Waals surface area (Å²) in [6.45, 7) is 4.83. The number of esters is 1. The Morgan fingerprint density at radius 3 is 2.22 bits per heavy atom. The maximum atomic E-state index is 11.5. The first-order valence-corrected chi connectivity index (χ1v) is 6.99. The van der Waals surface area contributed by atoms with Crippen LogP contribution in [-0.2, 0) is 22.4 Å². The van der Waals surface area contributed by atoms with Crippen LogP contribution in [0.2, 0.25) is 0 Å². The lowest BCUT2D eigenvalue weighted by Gasteiger charge is -2.05. The molecule has 1 aromatic carbocycles. The van der Waals surface area contributed by atoms with E-state index in [0.717, 1.165) is 24.8 Å². The predicted molar refractivity (Wildman–Crippen MR) is 74.6 cm³/mol. The summed E-state index contributed by atoms with van der Waals surface area (Å²) >= 11 is 0. The van der Waals surface area contributed by atoms with E-state index in [0.29, 0.717) is 13.0 Å². The fourth-order valence-electron chi connectivity index (χ4n) is 1.75. The number of rotatable bonds is 8. The van der Waals surface area contributed by atoms with Gasteiger partial charge in [-0.2, -0.15) is 0 Å². The molecule has 0 aliphatic carbocycles. The van der Waals surface area contributed by atoms with Crippen LogP contribution in [0, 0.1) is 0 Å². The molecule has 0 saturated heterocycles. The molecule has 0 radical (unpaired) electrons. The van der Waals surface area contributed by atoms with Crippen LogP contribution in [0.3, 0.4) is 0 Å². The van der Waals surface area contributed by atoms with Gasteiger partial charge in [0, 0.05) is 0 Å². The quantitative estimate of drug-likeness (QED) is 0.515. The van der Waals surface area contributed by atoms with E-state index >= 15 is 0 Å². The van der Waals surface area contributed by atoms with Crippen molar-refractivity contribution in [1.29, 1.82) is 0 Å². The summed E-state index contributed by atoms with van der Waals surface area (Å²) in [5.74, 6) is -0.121. The molecule has 0 fully saturated rings. The molecule has 0 aliphatic heterocycles. The zero-order chi connectivity index (χ0) is 13.2. The van der Waals surface area contributed by atoms with E-state index in [1.54, 1.807) is 0 Å². The minimum absolute atomic E-state index is 0.121. The number of carbonyl (C=O) groups excluding carboxylic acids is 1. The minimum atomic E-state index is -0.121. The topological polar surface area (TPSA) is 26.3 Å². The maximum Gasteiger partial charge on any atom is 0.310 e. The molecule has 0 aliphatic rings. The Morgan fingerprint density at radius 2 is 1.61 bits per heavy atom. The molecule has 0 heterocycles. The lowest BCUT2D eigenvalue weighted by atomic mass is 10.1. The first-order chi connectivity index (χ1) is 8.76. The summed E-state index contributed by atoms with van der Waals surface area (Å²) in [7, 11) is 0. The number of unbranched alkanes of at least 4 members (excludes halogenated alkanes) is 2. The van der Waals surface area contributed by atoms with Gasteiger partial charge >= 0.3 is 5.97 Å². The molecule has 100 valence electrons.